The van der Waals surface area contributed by atoms with Crippen molar-refractivity contribution in [2.45, 2.75) is 13.3 Å². The van der Waals surface area contributed by atoms with E-state index in [4.69, 9.17) is 4.74 Å². The number of benzene rings is 2. The summed E-state index contributed by atoms with van der Waals surface area (Å²) in [4.78, 5) is 15.7. The highest BCUT2D eigenvalue weighted by Gasteiger charge is 2.06. The molecule has 0 unspecified atom stereocenters. The fraction of sp³-hybridized carbons (Fsp3) is 0.143. The van der Waals surface area contributed by atoms with Gasteiger partial charge < -0.3 is 9.84 Å². The number of carbonyl (C=O) groups excluding carboxylic acids is 1. The van der Waals surface area contributed by atoms with Crippen molar-refractivity contribution in [3.63, 3.8) is 0 Å². The van der Waals surface area contributed by atoms with Gasteiger partial charge in [-0.05, 0) is 42.8 Å². The number of hydrogen-bond donors (Lipinski definition) is 1. The smallest absolute Gasteiger partial charge is 0.159 e. The maximum atomic E-state index is 11.4. The molecule has 0 amide bonds. The number of hydrogen-bond acceptors (Lipinski definition) is 5. The van der Waals surface area contributed by atoms with Gasteiger partial charge >= 0.3 is 0 Å². The van der Waals surface area contributed by atoms with Gasteiger partial charge in [0.1, 0.15) is 23.6 Å². The van der Waals surface area contributed by atoms with Crippen LogP contribution in [0.5, 0.6) is 11.5 Å². The van der Waals surface area contributed by atoms with Gasteiger partial charge in [0.15, 0.2) is 5.78 Å². The maximum absolute atomic E-state index is 11.4. The van der Waals surface area contributed by atoms with Crippen LogP contribution in [-0.4, -0.2) is 22.5 Å². The summed E-state index contributed by atoms with van der Waals surface area (Å²) in [6.07, 6.45) is 1.62. The third-order valence-corrected chi connectivity index (χ3v) is 4.55. The highest BCUT2D eigenvalue weighted by Crippen LogP contribution is 2.30. The first-order valence-corrected chi connectivity index (χ1v) is 8.83. The predicted molar refractivity (Wildman–Crippen MR) is 104 cm³/mol. The van der Waals surface area contributed by atoms with Crippen LogP contribution in [0, 0.1) is 18.8 Å². The van der Waals surface area contributed by atoms with Gasteiger partial charge in [0.2, 0.25) is 0 Å². The van der Waals surface area contributed by atoms with Crippen molar-refractivity contribution in [3.05, 3.63) is 65.2 Å². The van der Waals surface area contributed by atoms with E-state index in [0.717, 1.165) is 15.3 Å². The average molecular weight is 363 g/mol. The molecular weight excluding hydrogens is 346 g/mol. The van der Waals surface area contributed by atoms with Crippen molar-refractivity contribution in [1.82, 2.24) is 4.98 Å². The minimum Gasteiger partial charge on any atom is -0.506 e. The molecule has 1 aromatic heterocycles. The van der Waals surface area contributed by atoms with Crippen LogP contribution in [0.15, 0.2) is 49.1 Å². The molecule has 130 valence electrons. The minimum absolute atomic E-state index is 0.0320. The zero-order valence-corrected chi connectivity index (χ0v) is 15.1. The number of phenolic OH excluding ortho intramolecular Hbond substituents is 1. The van der Waals surface area contributed by atoms with Gasteiger partial charge in [-0.3, -0.25) is 4.79 Å². The molecule has 5 heteroatoms. The lowest BCUT2D eigenvalue weighted by molar-refractivity contribution is -0.114. The molecule has 0 aliphatic carbocycles. The molecule has 1 N–H and O–H groups in total. The minimum atomic E-state index is -0.0320. The lowest BCUT2D eigenvalue weighted by Crippen LogP contribution is -1.99. The predicted octanol–water partition coefficient (Wildman–Crippen LogP) is 4.04. The van der Waals surface area contributed by atoms with Crippen LogP contribution < -0.4 is 4.74 Å². The number of thiazole rings is 1. The molecule has 0 spiro atoms. The Labute approximate surface area is 155 Å². The summed E-state index contributed by atoms with van der Waals surface area (Å²) in [6, 6.07) is 10.9. The van der Waals surface area contributed by atoms with E-state index in [1.54, 1.807) is 6.07 Å². The highest BCUT2D eigenvalue weighted by molar-refractivity contribution is 7.18. The Morgan fingerprint density at radius 1 is 1.38 bits per heavy atom. The molecule has 3 rings (SSSR count). The Balaban J connectivity index is 1.66. The molecule has 0 aliphatic heterocycles. The van der Waals surface area contributed by atoms with Gasteiger partial charge in [0, 0.05) is 12.0 Å². The van der Waals surface area contributed by atoms with Gasteiger partial charge in [-0.1, -0.05) is 30.6 Å². The molecule has 4 nitrogen and oxygen atoms in total. The number of aryl methyl sites for hydroxylation is 1. The normalized spacial score (nSPS) is 10.2. The number of aromatic nitrogens is 1. The number of allylic oxidation sites excluding steroid dienone is 1. The third kappa shape index (κ3) is 4.29. The first-order valence-electron chi connectivity index (χ1n) is 8.01. The summed E-state index contributed by atoms with van der Waals surface area (Å²) in [5, 5.41) is 10.9. The van der Waals surface area contributed by atoms with E-state index in [-0.39, 0.29) is 18.1 Å². The summed E-state index contributed by atoms with van der Waals surface area (Å²) < 4.78 is 6.53. The Kier molecular flexibility index (Phi) is 5.35. The van der Waals surface area contributed by atoms with Crippen molar-refractivity contribution >= 4 is 27.3 Å². The first-order chi connectivity index (χ1) is 12.5. The quantitative estimate of drug-likeness (QED) is 0.549. The summed E-state index contributed by atoms with van der Waals surface area (Å²) in [6.45, 7) is 5.59. The van der Waals surface area contributed by atoms with Gasteiger partial charge in [-0.25, -0.2) is 4.98 Å². The van der Waals surface area contributed by atoms with Gasteiger partial charge in [-0.15, -0.1) is 11.3 Å². The number of ketones is 1. The molecule has 0 fully saturated rings. The van der Waals surface area contributed by atoms with Crippen molar-refractivity contribution in [3.8, 4) is 23.3 Å². The SMILES string of the molecule is C=CC(=O)Cc1cccc(OCC#Cc2cc(O)c3nc(C)sc3c2)c1. The molecule has 3 aromatic rings. The topological polar surface area (TPSA) is 59.4 Å². The molecule has 1 heterocycles. The van der Waals surface area contributed by atoms with Crippen molar-refractivity contribution in [2.24, 2.45) is 0 Å². The second-order valence-corrected chi connectivity index (χ2v) is 6.89. The molecule has 0 saturated carbocycles. The van der Waals surface area contributed by atoms with E-state index in [1.807, 2.05) is 37.3 Å². The van der Waals surface area contributed by atoms with Crippen LogP contribution in [0.1, 0.15) is 16.1 Å². The van der Waals surface area contributed by atoms with Crippen LogP contribution in [0.25, 0.3) is 10.2 Å². The molecule has 2 aromatic carbocycles. The molecule has 0 atom stereocenters. The van der Waals surface area contributed by atoms with Crippen LogP contribution in [0.3, 0.4) is 0 Å². The zero-order valence-electron chi connectivity index (χ0n) is 14.3. The third-order valence-electron chi connectivity index (χ3n) is 3.63. The second kappa shape index (κ2) is 7.85. The Morgan fingerprint density at radius 3 is 3.04 bits per heavy atom. The number of aromatic hydroxyl groups is 1. The van der Waals surface area contributed by atoms with Crippen LogP contribution >= 0.6 is 11.3 Å². The monoisotopic (exact) mass is 363 g/mol. The van der Waals surface area contributed by atoms with Crippen molar-refractivity contribution in [1.29, 1.82) is 0 Å². The summed E-state index contributed by atoms with van der Waals surface area (Å²) in [7, 11) is 0. The molecular formula is C21H17NO3S. The van der Waals surface area contributed by atoms with Gasteiger partial charge in [-0.2, -0.15) is 0 Å². The van der Waals surface area contributed by atoms with Crippen LogP contribution in [0.4, 0.5) is 0 Å². The molecule has 0 bridgehead atoms. The summed E-state index contributed by atoms with van der Waals surface area (Å²) in [5.74, 6) is 6.69. The van der Waals surface area contributed by atoms with Crippen molar-refractivity contribution < 1.29 is 14.6 Å². The lowest BCUT2D eigenvalue weighted by Gasteiger charge is -2.04. The van der Waals surface area contributed by atoms with Crippen LogP contribution in [0.2, 0.25) is 0 Å². The average Bonchev–Trinajstić information content (AvgIpc) is 3.00. The fourth-order valence-corrected chi connectivity index (χ4v) is 3.36. The number of carbonyl (C=O) groups is 1. The highest BCUT2D eigenvalue weighted by atomic mass is 32.1. The van der Waals surface area contributed by atoms with Gasteiger partial charge in [0.25, 0.3) is 0 Å². The summed E-state index contributed by atoms with van der Waals surface area (Å²) in [5.41, 5.74) is 2.20. The van der Waals surface area contributed by atoms with E-state index in [1.165, 1.54) is 17.4 Å². The number of fused-ring (bicyclic) bond motifs is 1. The molecule has 0 radical (unpaired) electrons. The Hall–Kier alpha value is -3.10. The second-order valence-electron chi connectivity index (χ2n) is 5.66. The largest absolute Gasteiger partial charge is 0.506 e. The van der Waals surface area contributed by atoms with E-state index >= 15 is 0 Å². The van der Waals surface area contributed by atoms with E-state index in [2.05, 4.69) is 23.4 Å². The number of ether oxygens (including phenoxy) is 1. The van der Waals surface area contributed by atoms with Crippen LogP contribution in [-0.2, 0) is 11.2 Å². The van der Waals surface area contributed by atoms with Gasteiger partial charge in [0.05, 0.1) is 9.71 Å². The molecule has 26 heavy (non-hydrogen) atoms. The lowest BCUT2D eigenvalue weighted by atomic mass is 10.1. The number of rotatable bonds is 5. The zero-order chi connectivity index (χ0) is 18.5. The summed E-state index contributed by atoms with van der Waals surface area (Å²) >= 11 is 1.52. The number of phenols is 1. The molecule has 0 saturated heterocycles. The standard InChI is InChI=1S/C21H17NO3S/c1-3-17(23)10-15-6-4-8-18(11-15)25-9-5-7-16-12-19(24)21-20(13-16)26-14(2)22-21/h3-4,6,8,11-13,24H,1,9-10H2,2H3. The van der Waals surface area contributed by atoms with E-state index in [9.17, 15) is 9.90 Å². The van der Waals surface area contributed by atoms with E-state index < -0.39 is 0 Å². The van der Waals surface area contributed by atoms with E-state index in [0.29, 0.717) is 23.3 Å². The fourth-order valence-electron chi connectivity index (χ4n) is 2.47. The number of nitrogens with zero attached hydrogens (tertiary/aromatic N) is 1. The first kappa shape index (κ1) is 17.7. The van der Waals surface area contributed by atoms with Crippen molar-refractivity contribution in [2.75, 3.05) is 6.61 Å². The Bertz CT molecular complexity index is 1040. The Morgan fingerprint density at radius 2 is 2.23 bits per heavy atom. The maximum Gasteiger partial charge on any atom is 0.159 e. The molecule has 0 aliphatic rings.